The van der Waals surface area contributed by atoms with E-state index in [2.05, 4.69) is 11.2 Å². The molecule has 0 aliphatic carbocycles. The SMILES string of the molecule is C[B]c1ncc(SC)s1.O.O. The highest BCUT2D eigenvalue weighted by molar-refractivity contribution is 8.00. The van der Waals surface area contributed by atoms with Crippen LogP contribution in [0.25, 0.3) is 0 Å². The average molecular weight is 192 g/mol. The van der Waals surface area contributed by atoms with Crippen molar-refractivity contribution in [2.75, 3.05) is 6.26 Å². The summed E-state index contributed by atoms with van der Waals surface area (Å²) in [4.78, 5) is 5.26. The van der Waals surface area contributed by atoms with E-state index in [-0.39, 0.29) is 11.0 Å². The molecule has 1 aromatic rings. The van der Waals surface area contributed by atoms with Crippen LogP contribution in [0.3, 0.4) is 0 Å². The maximum absolute atomic E-state index is 4.15. The smallest absolute Gasteiger partial charge is 0.188 e. The van der Waals surface area contributed by atoms with Gasteiger partial charge >= 0.3 is 0 Å². The molecule has 0 saturated heterocycles. The zero-order chi connectivity index (χ0) is 6.69. The molecule has 0 fully saturated rings. The van der Waals surface area contributed by atoms with Gasteiger partial charge in [-0.15, -0.1) is 23.1 Å². The first-order chi connectivity index (χ1) is 4.36. The van der Waals surface area contributed by atoms with Gasteiger partial charge in [-0.25, -0.2) is 0 Å². The standard InChI is InChI=1S/C5H7BNS2.2H2O/c1-6-5-7-3-4(8-2)9-5;;/h3H,1-2H3;2*1H2. The van der Waals surface area contributed by atoms with Crippen LogP contribution in [0.5, 0.6) is 0 Å². The van der Waals surface area contributed by atoms with Crippen LogP contribution in [0.2, 0.25) is 6.82 Å². The Morgan fingerprint density at radius 1 is 1.55 bits per heavy atom. The summed E-state index contributed by atoms with van der Waals surface area (Å²) in [6.07, 6.45) is 3.97. The molecular weight excluding hydrogens is 181 g/mol. The topological polar surface area (TPSA) is 75.9 Å². The Morgan fingerprint density at radius 3 is 2.45 bits per heavy atom. The van der Waals surface area contributed by atoms with E-state index in [0.717, 1.165) is 4.91 Å². The predicted octanol–water partition coefficient (Wildman–Crippen LogP) is -0.407. The third-order valence-corrected chi connectivity index (χ3v) is 3.07. The van der Waals surface area contributed by atoms with E-state index in [9.17, 15) is 0 Å². The molecule has 0 saturated carbocycles. The van der Waals surface area contributed by atoms with Crippen LogP contribution in [-0.4, -0.2) is 29.5 Å². The Labute approximate surface area is 75.1 Å². The van der Waals surface area contributed by atoms with Crippen LogP contribution in [0.4, 0.5) is 0 Å². The molecule has 0 atom stereocenters. The fourth-order valence-corrected chi connectivity index (χ4v) is 1.78. The Hall–Kier alpha value is -0.0351. The number of aromatic nitrogens is 1. The Balaban J connectivity index is 0. The van der Waals surface area contributed by atoms with Crippen molar-refractivity contribution in [3.8, 4) is 0 Å². The molecule has 0 aliphatic rings. The largest absolute Gasteiger partial charge is 0.412 e. The summed E-state index contributed by atoms with van der Waals surface area (Å²) in [5.74, 6) is 0. The molecule has 1 aromatic heterocycles. The lowest BCUT2D eigenvalue weighted by Gasteiger charge is -1.80. The number of nitrogens with zero attached hydrogens (tertiary/aromatic N) is 1. The van der Waals surface area contributed by atoms with Crippen molar-refractivity contribution in [3.05, 3.63) is 6.20 Å². The highest BCUT2D eigenvalue weighted by Crippen LogP contribution is 2.16. The summed E-state index contributed by atoms with van der Waals surface area (Å²) in [7, 11) is 2.02. The highest BCUT2D eigenvalue weighted by Gasteiger charge is 1.96. The molecule has 1 rings (SSSR count). The minimum atomic E-state index is 0. The number of hydrogen-bond donors (Lipinski definition) is 0. The predicted molar refractivity (Wildman–Crippen MR) is 52.4 cm³/mol. The maximum Gasteiger partial charge on any atom is 0.188 e. The van der Waals surface area contributed by atoms with Gasteiger partial charge in [0.2, 0.25) is 0 Å². The molecule has 0 unspecified atom stereocenters. The molecule has 0 aliphatic heterocycles. The van der Waals surface area contributed by atoms with Crippen molar-refractivity contribution in [1.82, 2.24) is 4.98 Å². The fourth-order valence-electron chi connectivity index (χ4n) is 0.500. The van der Waals surface area contributed by atoms with Crippen LogP contribution in [0, 0.1) is 0 Å². The summed E-state index contributed by atoms with van der Waals surface area (Å²) in [6.45, 7) is 2.00. The van der Waals surface area contributed by atoms with Crippen LogP contribution in [0.1, 0.15) is 0 Å². The molecule has 1 heterocycles. The van der Waals surface area contributed by atoms with E-state index < -0.39 is 0 Å². The first-order valence-corrected chi connectivity index (χ1v) is 4.70. The van der Waals surface area contributed by atoms with Crippen LogP contribution in [0.15, 0.2) is 10.4 Å². The Morgan fingerprint density at radius 2 is 2.18 bits per heavy atom. The van der Waals surface area contributed by atoms with Crippen molar-refractivity contribution in [2.45, 2.75) is 11.0 Å². The molecule has 1 radical (unpaired) electrons. The summed E-state index contributed by atoms with van der Waals surface area (Å²) >= 11 is 3.47. The van der Waals surface area contributed by atoms with Gasteiger partial charge in [-0.2, -0.15) is 0 Å². The monoisotopic (exact) mass is 192 g/mol. The van der Waals surface area contributed by atoms with Crippen molar-refractivity contribution >= 4 is 35.3 Å². The van der Waals surface area contributed by atoms with Gasteiger partial charge in [0.1, 0.15) is 0 Å². The summed E-state index contributed by atoms with van der Waals surface area (Å²) < 4.78 is 1.28. The van der Waals surface area contributed by atoms with E-state index in [1.165, 1.54) is 4.21 Å². The van der Waals surface area contributed by atoms with Crippen LogP contribution in [-0.2, 0) is 0 Å². The summed E-state index contributed by atoms with van der Waals surface area (Å²) in [6, 6.07) is 0. The molecule has 0 amide bonds. The number of thiazole rings is 1. The second kappa shape index (κ2) is 6.66. The number of hydrogen-bond acceptors (Lipinski definition) is 3. The number of rotatable bonds is 2. The van der Waals surface area contributed by atoms with E-state index >= 15 is 0 Å². The van der Waals surface area contributed by atoms with Crippen LogP contribution < -0.4 is 4.91 Å². The maximum atomic E-state index is 4.15. The van der Waals surface area contributed by atoms with Crippen molar-refractivity contribution < 1.29 is 11.0 Å². The molecular formula is C5H11BNO2S2. The summed E-state index contributed by atoms with van der Waals surface area (Å²) in [5, 5.41) is 0. The molecule has 11 heavy (non-hydrogen) atoms. The lowest BCUT2D eigenvalue weighted by atomic mass is 9.84. The van der Waals surface area contributed by atoms with Gasteiger partial charge in [-0.1, -0.05) is 6.82 Å². The fraction of sp³-hybridized carbons (Fsp3) is 0.400. The second-order valence-electron chi connectivity index (χ2n) is 1.51. The van der Waals surface area contributed by atoms with E-state index in [0.29, 0.717) is 0 Å². The van der Waals surface area contributed by atoms with Gasteiger partial charge in [0.05, 0.1) is 10.4 Å². The Kier molecular flexibility index (Phi) is 8.20. The number of thioether (sulfide) groups is 1. The van der Waals surface area contributed by atoms with Gasteiger partial charge in [0, 0.05) is 4.91 Å². The van der Waals surface area contributed by atoms with Gasteiger partial charge in [-0.05, 0) is 6.26 Å². The molecule has 4 N–H and O–H groups in total. The summed E-state index contributed by atoms with van der Waals surface area (Å²) in [5.41, 5.74) is 0. The lowest BCUT2D eigenvalue weighted by molar-refractivity contribution is 0.823. The van der Waals surface area contributed by atoms with Gasteiger partial charge in [0.15, 0.2) is 7.28 Å². The lowest BCUT2D eigenvalue weighted by Crippen LogP contribution is -2.06. The normalized spacial score (nSPS) is 7.82. The quantitative estimate of drug-likeness (QED) is 0.472. The molecule has 0 spiro atoms. The van der Waals surface area contributed by atoms with Crippen molar-refractivity contribution in [2.24, 2.45) is 0 Å². The van der Waals surface area contributed by atoms with Crippen LogP contribution >= 0.6 is 23.1 Å². The minimum Gasteiger partial charge on any atom is -0.412 e. The van der Waals surface area contributed by atoms with Gasteiger partial charge < -0.3 is 11.0 Å². The van der Waals surface area contributed by atoms with E-state index in [1.807, 2.05) is 20.3 Å². The molecule has 63 valence electrons. The van der Waals surface area contributed by atoms with Crippen molar-refractivity contribution in [1.29, 1.82) is 0 Å². The molecule has 0 bridgehead atoms. The third-order valence-electron chi connectivity index (χ3n) is 0.950. The zero-order valence-corrected chi connectivity index (χ0v) is 8.05. The Bertz CT molecular complexity index is 176. The first-order valence-electron chi connectivity index (χ1n) is 2.66. The van der Waals surface area contributed by atoms with Gasteiger partial charge in [-0.3, -0.25) is 4.98 Å². The first kappa shape index (κ1) is 13.5. The van der Waals surface area contributed by atoms with Gasteiger partial charge in [0.25, 0.3) is 0 Å². The third kappa shape index (κ3) is 3.76. The highest BCUT2D eigenvalue weighted by atomic mass is 32.2. The van der Waals surface area contributed by atoms with E-state index in [1.54, 1.807) is 23.1 Å². The minimum absolute atomic E-state index is 0. The average Bonchev–Trinajstić information content (AvgIpc) is 2.34. The molecule has 0 aromatic carbocycles. The van der Waals surface area contributed by atoms with Crippen molar-refractivity contribution in [3.63, 3.8) is 0 Å². The molecule has 3 nitrogen and oxygen atoms in total. The molecule has 6 heteroatoms. The van der Waals surface area contributed by atoms with E-state index in [4.69, 9.17) is 0 Å². The zero-order valence-electron chi connectivity index (χ0n) is 6.42. The second-order valence-corrected chi connectivity index (χ2v) is 3.68.